The number of hydrogen-bond donors (Lipinski definition) is 2. The summed E-state index contributed by atoms with van der Waals surface area (Å²) in [7, 11) is 0. The van der Waals surface area contributed by atoms with Crippen molar-refractivity contribution < 1.29 is 19.1 Å². The first kappa shape index (κ1) is 21.1. The summed E-state index contributed by atoms with van der Waals surface area (Å²) in [6, 6.07) is 9.17. The fourth-order valence-corrected chi connectivity index (χ4v) is 3.16. The quantitative estimate of drug-likeness (QED) is 0.562. The van der Waals surface area contributed by atoms with Crippen LogP contribution >= 0.6 is 0 Å². The Morgan fingerprint density at radius 1 is 1.13 bits per heavy atom. The summed E-state index contributed by atoms with van der Waals surface area (Å²) in [6.07, 6.45) is 0. The number of aliphatic carboxylic acids is 1. The van der Waals surface area contributed by atoms with E-state index in [1.807, 2.05) is 19.9 Å². The topological polar surface area (TPSA) is 96.8 Å². The molecular weight excluding hydrogens is 382 g/mol. The zero-order chi connectivity index (χ0) is 22.0. The van der Waals surface area contributed by atoms with Gasteiger partial charge in [0, 0.05) is 11.1 Å². The van der Waals surface area contributed by atoms with Crippen LogP contribution in [0.3, 0.4) is 0 Å². The van der Waals surface area contributed by atoms with Gasteiger partial charge in [0.1, 0.15) is 6.04 Å². The average Bonchev–Trinajstić information content (AvgIpc) is 3.14. The Morgan fingerprint density at radius 3 is 2.33 bits per heavy atom. The van der Waals surface area contributed by atoms with Gasteiger partial charge in [0.05, 0.1) is 12.1 Å². The molecule has 7 heteroatoms. The first-order valence-corrected chi connectivity index (χ1v) is 9.67. The third kappa shape index (κ3) is 4.18. The normalized spacial score (nSPS) is 12.2. The Bertz CT molecular complexity index is 1140. The number of carboxylic acid groups (broad SMARTS) is 1. The maximum absolute atomic E-state index is 12.4. The second-order valence-corrected chi connectivity index (χ2v) is 7.78. The zero-order valence-electron chi connectivity index (χ0n) is 17.3. The van der Waals surface area contributed by atoms with Crippen LogP contribution in [-0.4, -0.2) is 28.0 Å². The first-order chi connectivity index (χ1) is 14.2. The monoisotopic (exact) mass is 405 g/mol. The molecule has 3 rings (SSSR count). The summed E-state index contributed by atoms with van der Waals surface area (Å²) in [6.45, 7) is 14.8. The van der Waals surface area contributed by atoms with Crippen LogP contribution < -0.4 is 5.32 Å². The van der Waals surface area contributed by atoms with E-state index >= 15 is 0 Å². The number of carbonyl (C=O) groups is 2. The predicted octanol–water partition coefficient (Wildman–Crippen LogP) is 5.01. The van der Waals surface area contributed by atoms with Gasteiger partial charge in [0.15, 0.2) is 11.3 Å². The number of nitrogens with zero attached hydrogens (tertiary/aromatic N) is 2. The van der Waals surface area contributed by atoms with E-state index in [1.165, 1.54) is 0 Å². The molecule has 0 saturated carbocycles. The predicted molar refractivity (Wildman–Crippen MR) is 114 cm³/mol. The summed E-state index contributed by atoms with van der Waals surface area (Å²) in [5, 5.41) is 11.8. The molecule has 0 saturated heterocycles. The minimum Gasteiger partial charge on any atom is -0.480 e. The van der Waals surface area contributed by atoms with Crippen LogP contribution in [0.15, 0.2) is 40.8 Å². The van der Waals surface area contributed by atoms with Crippen molar-refractivity contribution in [2.75, 3.05) is 0 Å². The maximum atomic E-state index is 12.4. The number of fused-ring (bicyclic) bond motifs is 1. The van der Waals surface area contributed by atoms with Crippen molar-refractivity contribution in [3.05, 3.63) is 58.9 Å². The van der Waals surface area contributed by atoms with Crippen molar-refractivity contribution in [3.63, 3.8) is 0 Å². The Balaban J connectivity index is 1.90. The van der Waals surface area contributed by atoms with Crippen molar-refractivity contribution in [3.8, 4) is 11.5 Å². The highest BCUT2D eigenvalue weighted by atomic mass is 16.4. The van der Waals surface area contributed by atoms with Crippen LogP contribution in [0, 0.1) is 12.5 Å². The average molecular weight is 405 g/mol. The molecule has 1 unspecified atom stereocenters. The van der Waals surface area contributed by atoms with Gasteiger partial charge in [-0.2, -0.15) is 0 Å². The first-order valence-electron chi connectivity index (χ1n) is 9.67. The molecule has 7 nitrogen and oxygen atoms in total. The van der Waals surface area contributed by atoms with Gasteiger partial charge in [-0.25, -0.2) is 14.6 Å². The number of amides is 1. The van der Waals surface area contributed by atoms with Gasteiger partial charge < -0.3 is 14.8 Å². The smallest absolute Gasteiger partial charge is 0.326 e. The molecule has 154 valence electrons. The Labute approximate surface area is 174 Å². The molecule has 0 aliphatic rings. The molecule has 3 aromatic rings. The minimum absolute atomic E-state index is 0.171. The zero-order valence-corrected chi connectivity index (χ0v) is 17.3. The van der Waals surface area contributed by atoms with E-state index in [1.54, 1.807) is 44.2 Å². The number of benzene rings is 2. The van der Waals surface area contributed by atoms with Crippen molar-refractivity contribution >= 4 is 28.7 Å². The van der Waals surface area contributed by atoms with Crippen molar-refractivity contribution in [2.45, 2.75) is 39.7 Å². The van der Waals surface area contributed by atoms with Gasteiger partial charge in [-0.1, -0.05) is 27.7 Å². The number of nitrogens with one attached hydrogen (secondary N) is 1. The number of carboxylic acids is 1. The Morgan fingerprint density at radius 2 is 1.80 bits per heavy atom. The van der Waals surface area contributed by atoms with E-state index < -0.39 is 17.9 Å². The lowest BCUT2D eigenvalue weighted by molar-refractivity contribution is -0.140. The van der Waals surface area contributed by atoms with Crippen LogP contribution in [0.4, 0.5) is 5.69 Å². The van der Waals surface area contributed by atoms with Crippen molar-refractivity contribution in [1.82, 2.24) is 10.3 Å². The molecule has 0 aliphatic heterocycles. The highest BCUT2D eigenvalue weighted by molar-refractivity contribution is 5.97. The Kier molecular flexibility index (Phi) is 5.88. The molecule has 1 atom stereocenters. The van der Waals surface area contributed by atoms with Gasteiger partial charge >= 0.3 is 5.97 Å². The lowest BCUT2D eigenvalue weighted by atomic mass is 10.0. The third-order valence-corrected chi connectivity index (χ3v) is 4.87. The summed E-state index contributed by atoms with van der Waals surface area (Å²) in [5.41, 5.74) is 3.72. The molecule has 0 bridgehead atoms. The molecule has 0 fully saturated rings. The summed E-state index contributed by atoms with van der Waals surface area (Å²) >= 11 is 0. The van der Waals surface area contributed by atoms with Crippen LogP contribution in [0.2, 0.25) is 0 Å². The number of oxazole rings is 1. The fourth-order valence-electron chi connectivity index (χ4n) is 3.16. The molecule has 0 aliphatic carbocycles. The van der Waals surface area contributed by atoms with E-state index in [-0.39, 0.29) is 11.8 Å². The molecule has 1 amide bonds. The number of carbonyl (C=O) groups excluding carboxylic acids is 1. The highest BCUT2D eigenvalue weighted by Crippen LogP contribution is 2.33. The van der Waals surface area contributed by atoms with Crippen molar-refractivity contribution in [2.24, 2.45) is 5.92 Å². The standard InChI is InChI=1S/C23H23N3O4/c1-12(2)17-10-16(24-5)11-18-20(17)30-22(25-18)15-8-6-14(7-9-15)21(27)26-19(13(3)4)23(28)29/h6-13,19H,1-4H3,(H,26,27)(H,28,29). The molecule has 30 heavy (non-hydrogen) atoms. The number of hydrogen-bond acceptors (Lipinski definition) is 4. The molecule has 2 aromatic carbocycles. The molecule has 2 N–H and O–H groups in total. The lowest BCUT2D eigenvalue weighted by Gasteiger charge is -2.17. The molecule has 1 aromatic heterocycles. The molecular formula is C23H23N3O4. The summed E-state index contributed by atoms with van der Waals surface area (Å²) < 4.78 is 5.98. The summed E-state index contributed by atoms with van der Waals surface area (Å²) in [4.78, 5) is 31.7. The van der Waals surface area contributed by atoms with Crippen LogP contribution in [-0.2, 0) is 4.79 Å². The summed E-state index contributed by atoms with van der Waals surface area (Å²) in [5.74, 6) is -1.19. The second kappa shape index (κ2) is 8.37. The molecule has 0 radical (unpaired) electrons. The minimum atomic E-state index is -1.07. The fraction of sp³-hybridized carbons (Fsp3) is 0.304. The van der Waals surface area contributed by atoms with E-state index in [4.69, 9.17) is 11.0 Å². The number of aromatic nitrogens is 1. The largest absolute Gasteiger partial charge is 0.480 e. The van der Waals surface area contributed by atoms with Crippen LogP contribution in [0.5, 0.6) is 0 Å². The molecule has 0 spiro atoms. The van der Waals surface area contributed by atoms with Crippen LogP contribution in [0.25, 0.3) is 27.4 Å². The maximum Gasteiger partial charge on any atom is 0.326 e. The Hall–Kier alpha value is -3.66. The van der Waals surface area contributed by atoms with Crippen LogP contribution in [0.1, 0.15) is 49.5 Å². The van der Waals surface area contributed by atoms with Gasteiger partial charge in [-0.3, -0.25) is 4.79 Å². The van der Waals surface area contributed by atoms with Gasteiger partial charge in [-0.15, -0.1) is 0 Å². The second-order valence-electron chi connectivity index (χ2n) is 7.78. The van der Waals surface area contributed by atoms with E-state index in [0.717, 1.165) is 5.56 Å². The van der Waals surface area contributed by atoms with Crippen molar-refractivity contribution in [1.29, 1.82) is 0 Å². The van der Waals surface area contributed by atoms with Gasteiger partial charge in [-0.05, 0) is 53.8 Å². The van der Waals surface area contributed by atoms with E-state index in [2.05, 4.69) is 15.1 Å². The van der Waals surface area contributed by atoms with E-state index in [0.29, 0.717) is 33.8 Å². The third-order valence-electron chi connectivity index (χ3n) is 4.87. The number of rotatable bonds is 6. The van der Waals surface area contributed by atoms with Gasteiger partial charge in [0.2, 0.25) is 5.89 Å². The van der Waals surface area contributed by atoms with Gasteiger partial charge in [0.25, 0.3) is 5.91 Å². The highest BCUT2D eigenvalue weighted by Gasteiger charge is 2.24. The lowest BCUT2D eigenvalue weighted by Crippen LogP contribution is -2.44. The van der Waals surface area contributed by atoms with E-state index in [9.17, 15) is 14.7 Å². The SMILES string of the molecule is [C-]#[N+]c1cc(C(C)C)c2oc(-c3ccc(C(=O)NC(C(=O)O)C(C)C)cc3)nc2c1. The molecule has 1 heterocycles.